The number of ether oxygens (including phenoxy) is 1. The van der Waals surface area contributed by atoms with Gasteiger partial charge in [0.1, 0.15) is 17.6 Å². The van der Waals surface area contributed by atoms with E-state index < -0.39 is 0 Å². The lowest BCUT2D eigenvalue weighted by Crippen LogP contribution is -2.23. The van der Waals surface area contributed by atoms with Crippen LogP contribution in [0, 0.1) is 11.3 Å². The van der Waals surface area contributed by atoms with E-state index in [1.165, 1.54) is 11.1 Å². The van der Waals surface area contributed by atoms with Crippen LogP contribution in [0.3, 0.4) is 0 Å². The van der Waals surface area contributed by atoms with Crippen molar-refractivity contribution in [2.45, 2.75) is 32.0 Å². The molecule has 0 aliphatic carbocycles. The third kappa shape index (κ3) is 4.41. The summed E-state index contributed by atoms with van der Waals surface area (Å²) >= 11 is 0. The molecule has 1 atom stereocenters. The maximum atomic E-state index is 9.56. The number of hydrogen-bond donors (Lipinski definition) is 1. The lowest BCUT2D eigenvalue weighted by atomic mass is 9.98. The highest BCUT2D eigenvalue weighted by Crippen LogP contribution is 2.29. The van der Waals surface area contributed by atoms with Gasteiger partial charge in [0.15, 0.2) is 0 Å². The average molecular weight is 421 g/mol. The summed E-state index contributed by atoms with van der Waals surface area (Å²) in [5.41, 5.74) is 5.19. The molecule has 4 aromatic rings. The second kappa shape index (κ2) is 9.09. The molecule has 5 heteroatoms. The fourth-order valence-electron chi connectivity index (χ4n) is 4.18. The van der Waals surface area contributed by atoms with Gasteiger partial charge in [-0.3, -0.25) is 0 Å². The smallest absolute Gasteiger partial charge is 0.145 e. The SMILES string of the molecule is N#Cc1ccc2cc1Oc1cccc(c1)CCC(c1ccccc1)NCc1cncn1C2. The van der Waals surface area contributed by atoms with Crippen molar-refractivity contribution < 1.29 is 4.74 Å². The maximum Gasteiger partial charge on any atom is 0.145 e. The van der Waals surface area contributed by atoms with E-state index >= 15 is 0 Å². The van der Waals surface area contributed by atoms with E-state index in [-0.39, 0.29) is 6.04 Å². The van der Waals surface area contributed by atoms with Crippen LogP contribution in [-0.4, -0.2) is 9.55 Å². The summed E-state index contributed by atoms with van der Waals surface area (Å²) in [5, 5.41) is 13.3. The predicted molar refractivity (Wildman–Crippen MR) is 123 cm³/mol. The molecular weight excluding hydrogens is 396 g/mol. The molecule has 2 heterocycles. The van der Waals surface area contributed by atoms with Gasteiger partial charge in [-0.1, -0.05) is 48.5 Å². The van der Waals surface area contributed by atoms with Crippen molar-refractivity contribution in [2.75, 3.05) is 0 Å². The number of hydrogen-bond acceptors (Lipinski definition) is 4. The van der Waals surface area contributed by atoms with Crippen molar-refractivity contribution in [3.05, 3.63) is 113 Å². The Balaban J connectivity index is 1.54. The van der Waals surface area contributed by atoms with E-state index in [9.17, 15) is 5.26 Å². The summed E-state index contributed by atoms with van der Waals surface area (Å²) in [6.07, 6.45) is 5.64. The summed E-state index contributed by atoms with van der Waals surface area (Å²) < 4.78 is 8.31. The molecule has 0 saturated heterocycles. The molecule has 0 amide bonds. The van der Waals surface area contributed by atoms with Crippen LogP contribution in [0.4, 0.5) is 0 Å². The Hall–Kier alpha value is -3.88. The van der Waals surface area contributed by atoms with Gasteiger partial charge in [0.25, 0.3) is 0 Å². The summed E-state index contributed by atoms with van der Waals surface area (Å²) in [6, 6.07) is 27.0. The van der Waals surface area contributed by atoms with E-state index in [0.29, 0.717) is 17.9 Å². The van der Waals surface area contributed by atoms with Gasteiger partial charge >= 0.3 is 0 Å². The predicted octanol–water partition coefficient (Wildman–Crippen LogP) is 5.37. The molecule has 3 aromatic carbocycles. The highest BCUT2D eigenvalue weighted by molar-refractivity contribution is 5.48. The number of aryl methyl sites for hydroxylation is 1. The van der Waals surface area contributed by atoms with Crippen molar-refractivity contribution in [1.82, 2.24) is 14.9 Å². The Labute approximate surface area is 187 Å². The monoisotopic (exact) mass is 420 g/mol. The van der Waals surface area contributed by atoms with Gasteiger partial charge in [-0.15, -0.1) is 0 Å². The van der Waals surface area contributed by atoms with Crippen LogP contribution < -0.4 is 10.1 Å². The van der Waals surface area contributed by atoms with Crippen molar-refractivity contribution in [2.24, 2.45) is 0 Å². The summed E-state index contributed by atoms with van der Waals surface area (Å²) in [6.45, 7) is 1.38. The minimum absolute atomic E-state index is 0.223. The van der Waals surface area contributed by atoms with Crippen LogP contribution in [0.1, 0.15) is 40.4 Å². The third-order valence-corrected chi connectivity index (χ3v) is 5.90. The van der Waals surface area contributed by atoms with E-state index in [0.717, 1.165) is 36.4 Å². The molecule has 1 N–H and O–H groups in total. The first-order valence-electron chi connectivity index (χ1n) is 10.9. The van der Waals surface area contributed by atoms with Crippen molar-refractivity contribution >= 4 is 0 Å². The molecule has 5 rings (SSSR count). The van der Waals surface area contributed by atoms with Gasteiger partial charge in [-0.05, 0) is 53.8 Å². The first-order chi connectivity index (χ1) is 15.8. The largest absolute Gasteiger partial charge is 0.456 e. The van der Waals surface area contributed by atoms with Gasteiger partial charge in [-0.2, -0.15) is 5.26 Å². The van der Waals surface area contributed by atoms with Gasteiger partial charge in [-0.25, -0.2) is 4.98 Å². The van der Waals surface area contributed by atoms with E-state index in [4.69, 9.17) is 4.74 Å². The Morgan fingerprint density at radius 2 is 1.91 bits per heavy atom. The third-order valence-electron chi connectivity index (χ3n) is 5.90. The normalized spacial score (nSPS) is 16.0. The number of imidazole rings is 1. The fraction of sp³-hybridized carbons (Fsp3) is 0.185. The number of benzene rings is 3. The zero-order chi connectivity index (χ0) is 21.8. The molecule has 0 spiro atoms. The molecule has 0 saturated carbocycles. The lowest BCUT2D eigenvalue weighted by Gasteiger charge is -2.20. The van der Waals surface area contributed by atoms with Crippen LogP contribution in [0.25, 0.3) is 0 Å². The molecule has 4 bridgehead atoms. The Morgan fingerprint density at radius 3 is 2.78 bits per heavy atom. The Bertz CT molecular complexity index is 1260. The van der Waals surface area contributed by atoms with E-state index in [1.54, 1.807) is 0 Å². The number of nitrogens with zero attached hydrogens (tertiary/aromatic N) is 3. The zero-order valence-electron chi connectivity index (χ0n) is 17.7. The summed E-state index contributed by atoms with van der Waals surface area (Å²) in [7, 11) is 0. The molecule has 1 unspecified atom stereocenters. The lowest BCUT2D eigenvalue weighted by molar-refractivity contribution is 0.477. The number of fused-ring (bicyclic) bond motifs is 5. The number of nitriles is 1. The van der Waals surface area contributed by atoms with Crippen LogP contribution in [0.15, 0.2) is 85.3 Å². The molecule has 1 aromatic heterocycles. The minimum atomic E-state index is 0.223. The topological polar surface area (TPSA) is 62.9 Å². The van der Waals surface area contributed by atoms with E-state index in [2.05, 4.69) is 63.4 Å². The van der Waals surface area contributed by atoms with Crippen LogP contribution in [-0.2, 0) is 19.5 Å². The molecule has 0 radical (unpaired) electrons. The first-order valence-corrected chi connectivity index (χ1v) is 10.9. The van der Waals surface area contributed by atoms with Gasteiger partial charge in [0, 0.05) is 25.3 Å². The number of rotatable bonds is 1. The first kappa shape index (κ1) is 20.0. The van der Waals surface area contributed by atoms with Crippen LogP contribution >= 0.6 is 0 Å². The second-order valence-electron chi connectivity index (χ2n) is 8.09. The van der Waals surface area contributed by atoms with Crippen LogP contribution in [0.2, 0.25) is 0 Å². The molecule has 5 nitrogen and oxygen atoms in total. The van der Waals surface area contributed by atoms with Gasteiger partial charge in [0.2, 0.25) is 0 Å². The quantitative estimate of drug-likeness (QED) is 0.450. The minimum Gasteiger partial charge on any atom is -0.456 e. The second-order valence-corrected chi connectivity index (χ2v) is 8.09. The van der Waals surface area contributed by atoms with Crippen molar-refractivity contribution in [3.8, 4) is 17.6 Å². The zero-order valence-corrected chi connectivity index (χ0v) is 17.7. The maximum absolute atomic E-state index is 9.56. The summed E-state index contributed by atoms with van der Waals surface area (Å²) in [4.78, 5) is 4.38. The van der Waals surface area contributed by atoms with Gasteiger partial charge < -0.3 is 14.6 Å². The molecule has 32 heavy (non-hydrogen) atoms. The Kier molecular flexibility index (Phi) is 5.69. The molecule has 158 valence electrons. The van der Waals surface area contributed by atoms with Gasteiger partial charge in [0.05, 0.1) is 17.6 Å². The molecular formula is C27H24N4O. The highest BCUT2D eigenvalue weighted by Gasteiger charge is 2.15. The van der Waals surface area contributed by atoms with Crippen molar-refractivity contribution in [1.29, 1.82) is 5.26 Å². The highest BCUT2D eigenvalue weighted by atomic mass is 16.5. The summed E-state index contributed by atoms with van der Waals surface area (Å²) in [5.74, 6) is 1.33. The standard InChI is InChI=1S/C27H24N4O/c28-15-23-11-9-21-14-27(23)32-25-8-4-5-20(13-25)10-12-26(22-6-2-1-3-7-22)30-17-24-16-29-19-31(24)18-21/h1-9,11,13-14,16,19,26,30H,10,12,17-18H2. The molecule has 1 aliphatic heterocycles. The van der Waals surface area contributed by atoms with E-state index in [1.807, 2.05) is 42.9 Å². The fourth-order valence-corrected chi connectivity index (χ4v) is 4.18. The molecule has 0 fully saturated rings. The average Bonchev–Trinajstić information content (AvgIpc) is 3.26. The Morgan fingerprint density at radius 1 is 1.00 bits per heavy atom. The van der Waals surface area contributed by atoms with Crippen LogP contribution in [0.5, 0.6) is 11.5 Å². The van der Waals surface area contributed by atoms with Crippen molar-refractivity contribution in [3.63, 3.8) is 0 Å². The number of nitrogens with one attached hydrogen (secondary N) is 1. The molecule has 1 aliphatic rings. The number of aromatic nitrogens is 2.